The number of ketones is 1. The summed E-state index contributed by atoms with van der Waals surface area (Å²) in [4.78, 5) is 24.2. The highest BCUT2D eigenvalue weighted by Gasteiger charge is 2.23. The maximum atomic E-state index is 13.3. The Hall–Kier alpha value is -3.24. The van der Waals surface area contributed by atoms with Crippen LogP contribution in [0.1, 0.15) is 108 Å². The summed E-state index contributed by atoms with van der Waals surface area (Å²) >= 11 is 0. The summed E-state index contributed by atoms with van der Waals surface area (Å²) in [7, 11) is 0. The van der Waals surface area contributed by atoms with Gasteiger partial charge in [0, 0.05) is 16.7 Å². The van der Waals surface area contributed by atoms with Gasteiger partial charge in [-0.1, -0.05) is 108 Å². The minimum absolute atomic E-state index is 0.0578. The molecule has 0 bridgehead atoms. The molecule has 0 aliphatic heterocycles. The maximum Gasteiger partial charge on any atom is 0.193 e. The third kappa shape index (κ3) is 6.88. The number of carboxylic acid groups (broad SMARTS) is 1. The van der Waals surface area contributed by atoms with Crippen molar-refractivity contribution >= 4 is 11.8 Å². The molecule has 0 heterocycles. The molecule has 0 atom stereocenters. The van der Waals surface area contributed by atoms with Crippen LogP contribution in [-0.4, -0.2) is 11.8 Å². The Morgan fingerprint density at radius 3 is 1.56 bits per heavy atom. The van der Waals surface area contributed by atoms with Crippen LogP contribution < -0.4 is 10.8 Å². The molecule has 3 aromatic rings. The van der Waals surface area contributed by atoms with Gasteiger partial charge < -0.3 is 15.6 Å². The summed E-state index contributed by atoms with van der Waals surface area (Å²) < 4.78 is 0. The van der Waals surface area contributed by atoms with Crippen LogP contribution in [0.25, 0.3) is 0 Å². The summed E-state index contributed by atoms with van der Waals surface area (Å²) in [5, 5.41) is 10.9. The smallest absolute Gasteiger partial charge is 0.193 e. The Kier molecular flexibility index (Phi) is 9.76. The molecule has 0 aliphatic carbocycles. The Balaban J connectivity index is 0.000000430. The van der Waals surface area contributed by atoms with E-state index >= 15 is 0 Å². The first-order chi connectivity index (χ1) is 16.1. The van der Waals surface area contributed by atoms with Gasteiger partial charge in [-0.05, 0) is 40.0 Å². The first-order valence-corrected chi connectivity index (χ1v) is 11.9. The van der Waals surface area contributed by atoms with Crippen LogP contribution in [0.5, 0.6) is 0 Å². The number of aromatic carboxylic acids is 1. The Bertz CT molecular complexity index is 1070. The SMILES string of the molecule is CC(C)c1cc(C(C)C)c(C(=O)c2ccc(C(=O)[O-])cc2)c(C(C)C)c1.[NH3+]Cc1ccccc1. The molecule has 0 radical (unpaired) electrons. The average Bonchev–Trinajstić information content (AvgIpc) is 2.83. The number of carbonyl (C=O) groups is 2. The van der Waals surface area contributed by atoms with E-state index in [4.69, 9.17) is 0 Å². The number of hydrogen-bond acceptors (Lipinski definition) is 3. The fourth-order valence-electron chi connectivity index (χ4n) is 3.76. The van der Waals surface area contributed by atoms with E-state index in [-0.39, 0.29) is 23.2 Å². The molecule has 0 amide bonds. The molecule has 0 fully saturated rings. The third-order valence-electron chi connectivity index (χ3n) is 5.87. The standard InChI is InChI=1S/C23H28O3.C7H9N/c1-13(2)18-11-19(14(3)4)21(20(12-18)15(5)6)22(24)16-7-9-17(10-8-16)23(25)26;8-6-7-4-2-1-3-5-7/h7-15H,1-6H3,(H,25,26);1-5H,6,8H2. The molecule has 34 heavy (non-hydrogen) atoms. The average molecular weight is 460 g/mol. The second-order valence-corrected chi connectivity index (χ2v) is 9.47. The monoisotopic (exact) mass is 459 g/mol. The fourth-order valence-corrected chi connectivity index (χ4v) is 3.76. The summed E-state index contributed by atoms with van der Waals surface area (Å²) in [6, 6.07) is 20.5. The largest absolute Gasteiger partial charge is 0.545 e. The lowest BCUT2D eigenvalue weighted by Gasteiger charge is -2.22. The van der Waals surface area contributed by atoms with Gasteiger partial charge in [0.1, 0.15) is 0 Å². The number of quaternary nitrogens is 1. The molecular formula is C30H37NO3. The summed E-state index contributed by atoms with van der Waals surface area (Å²) in [5.74, 6) is -0.481. The van der Waals surface area contributed by atoms with Crippen LogP contribution in [0.4, 0.5) is 0 Å². The number of hydrogen-bond donors (Lipinski definition) is 1. The number of rotatable bonds is 7. The van der Waals surface area contributed by atoms with Gasteiger partial charge in [-0.15, -0.1) is 0 Å². The lowest BCUT2D eigenvalue weighted by atomic mass is 9.81. The van der Waals surface area contributed by atoms with Crippen LogP contribution in [0.3, 0.4) is 0 Å². The topological polar surface area (TPSA) is 84.8 Å². The van der Waals surface area contributed by atoms with Crippen LogP contribution >= 0.6 is 0 Å². The zero-order valence-corrected chi connectivity index (χ0v) is 21.2. The van der Waals surface area contributed by atoms with E-state index in [1.54, 1.807) is 12.1 Å². The van der Waals surface area contributed by atoms with Crippen molar-refractivity contribution < 1.29 is 20.4 Å². The van der Waals surface area contributed by atoms with Gasteiger partial charge in [-0.2, -0.15) is 0 Å². The van der Waals surface area contributed by atoms with Crippen molar-refractivity contribution in [1.82, 2.24) is 0 Å². The lowest BCUT2D eigenvalue weighted by Crippen LogP contribution is -2.47. The van der Waals surface area contributed by atoms with Gasteiger partial charge in [0.25, 0.3) is 0 Å². The van der Waals surface area contributed by atoms with E-state index in [9.17, 15) is 14.7 Å². The lowest BCUT2D eigenvalue weighted by molar-refractivity contribution is -0.386. The molecule has 0 aliphatic rings. The van der Waals surface area contributed by atoms with Crippen molar-refractivity contribution in [3.05, 3.63) is 106 Å². The highest BCUT2D eigenvalue weighted by atomic mass is 16.4. The molecule has 0 spiro atoms. The van der Waals surface area contributed by atoms with Crippen LogP contribution in [0.15, 0.2) is 66.7 Å². The zero-order chi connectivity index (χ0) is 25.4. The molecule has 3 aromatic carbocycles. The summed E-state index contributed by atoms with van der Waals surface area (Å²) in [5.41, 5.74) is 9.71. The Morgan fingerprint density at radius 1 is 0.735 bits per heavy atom. The van der Waals surface area contributed by atoms with Gasteiger partial charge in [0.15, 0.2) is 5.78 Å². The number of carboxylic acids is 1. The highest BCUT2D eigenvalue weighted by Crippen LogP contribution is 2.33. The molecule has 180 valence electrons. The Morgan fingerprint density at radius 2 is 1.21 bits per heavy atom. The zero-order valence-electron chi connectivity index (χ0n) is 21.2. The summed E-state index contributed by atoms with van der Waals surface area (Å²) in [6.45, 7) is 13.6. The normalized spacial score (nSPS) is 10.9. The van der Waals surface area contributed by atoms with Crippen LogP contribution in [0, 0.1) is 0 Å². The Labute approximate surface area is 203 Å². The molecule has 0 saturated heterocycles. The number of benzene rings is 3. The van der Waals surface area contributed by atoms with Crippen molar-refractivity contribution in [3.63, 3.8) is 0 Å². The van der Waals surface area contributed by atoms with Gasteiger partial charge in [0.05, 0.1) is 12.5 Å². The predicted molar refractivity (Wildman–Crippen MR) is 136 cm³/mol. The van der Waals surface area contributed by atoms with Gasteiger partial charge >= 0.3 is 0 Å². The van der Waals surface area contributed by atoms with Gasteiger partial charge in [-0.3, -0.25) is 4.79 Å². The minimum Gasteiger partial charge on any atom is -0.545 e. The number of carbonyl (C=O) groups excluding carboxylic acids is 2. The predicted octanol–water partition coefficient (Wildman–Crippen LogP) is 5.08. The van der Waals surface area contributed by atoms with Crippen LogP contribution in [-0.2, 0) is 6.54 Å². The second-order valence-electron chi connectivity index (χ2n) is 9.47. The van der Waals surface area contributed by atoms with Crippen molar-refractivity contribution in [2.75, 3.05) is 0 Å². The second kappa shape index (κ2) is 12.3. The first-order valence-electron chi connectivity index (χ1n) is 11.9. The van der Waals surface area contributed by atoms with Gasteiger partial charge in [-0.25, -0.2) is 0 Å². The fraction of sp³-hybridized carbons (Fsp3) is 0.333. The van der Waals surface area contributed by atoms with Crippen molar-refractivity contribution in [2.45, 2.75) is 65.8 Å². The molecular weight excluding hydrogens is 422 g/mol. The molecule has 3 N–H and O–H groups in total. The molecule has 3 rings (SSSR count). The summed E-state index contributed by atoms with van der Waals surface area (Å²) in [6.07, 6.45) is 0. The van der Waals surface area contributed by atoms with E-state index in [1.807, 2.05) is 18.2 Å². The maximum absolute atomic E-state index is 13.3. The minimum atomic E-state index is -1.24. The van der Waals surface area contributed by atoms with Crippen molar-refractivity contribution in [2.24, 2.45) is 0 Å². The third-order valence-corrected chi connectivity index (χ3v) is 5.87. The van der Waals surface area contributed by atoms with E-state index in [0.29, 0.717) is 11.5 Å². The molecule has 0 aromatic heterocycles. The molecule has 0 unspecified atom stereocenters. The van der Waals surface area contributed by atoms with Crippen LogP contribution in [0.2, 0.25) is 0 Å². The van der Waals surface area contributed by atoms with Gasteiger partial charge in [0.2, 0.25) is 0 Å². The van der Waals surface area contributed by atoms with Crippen molar-refractivity contribution in [3.8, 4) is 0 Å². The van der Waals surface area contributed by atoms with E-state index in [1.165, 1.54) is 23.3 Å². The quantitative estimate of drug-likeness (QED) is 0.500. The molecule has 0 saturated carbocycles. The first kappa shape index (κ1) is 27.0. The van der Waals surface area contributed by atoms with E-state index in [2.05, 4.69) is 71.5 Å². The van der Waals surface area contributed by atoms with E-state index < -0.39 is 5.97 Å². The molecule has 4 heteroatoms. The highest BCUT2D eigenvalue weighted by molar-refractivity contribution is 6.11. The molecule has 4 nitrogen and oxygen atoms in total. The van der Waals surface area contributed by atoms with E-state index in [0.717, 1.165) is 23.2 Å². The van der Waals surface area contributed by atoms with Crippen molar-refractivity contribution in [1.29, 1.82) is 0 Å².